The van der Waals surface area contributed by atoms with Crippen LogP contribution in [0.4, 0.5) is 0 Å². The molecule has 1 saturated heterocycles. The molecule has 1 unspecified atom stereocenters. The number of hydrogen-bond donors (Lipinski definition) is 0. The number of rotatable bonds is 6. The van der Waals surface area contributed by atoms with Gasteiger partial charge in [0.15, 0.2) is 0 Å². The fourth-order valence-corrected chi connectivity index (χ4v) is 3.29. The summed E-state index contributed by atoms with van der Waals surface area (Å²) < 4.78 is 7.23. The molecule has 0 amide bonds. The predicted molar refractivity (Wildman–Crippen MR) is 90.8 cm³/mol. The monoisotopic (exact) mass is 314 g/mol. The van der Waals surface area contributed by atoms with Crippen LogP contribution in [0.15, 0.2) is 30.6 Å². The highest BCUT2D eigenvalue weighted by molar-refractivity contribution is 5.27. The van der Waals surface area contributed by atoms with Crippen molar-refractivity contribution in [3.63, 3.8) is 0 Å². The van der Waals surface area contributed by atoms with Gasteiger partial charge in [-0.05, 0) is 43.6 Å². The highest BCUT2D eigenvalue weighted by Crippen LogP contribution is 2.19. The number of aromatic nitrogens is 3. The van der Waals surface area contributed by atoms with Gasteiger partial charge in [-0.3, -0.25) is 0 Å². The molecule has 0 spiro atoms. The third kappa shape index (κ3) is 4.10. The van der Waals surface area contributed by atoms with Crippen LogP contribution in [0.1, 0.15) is 43.5 Å². The SMILES string of the molecule is COc1ccc(Cn2ncnc2C(C)CN2CCCCC2)cc1. The van der Waals surface area contributed by atoms with Crippen molar-refractivity contribution in [3.05, 3.63) is 42.0 Å². The Morgan fingerprint density at radius 2 is 1.87 bits per heavy atom. The zero-order valence-corrected chi connectivity index (χ0v) is 14.1. The third-order valence-electron chi connectivity index (χ3n) is 4.56. The molecular weight excluding hydrogens is 288 g/mol. The van der Waals surface area contributed by atoms with E-state index in [1.165, 1.54) is 37.9 Å². The molecule has 1 atom stereocenters. The zero-order valence-electron chi connectivity index (χ0n) is 14.1. The minimum absolute atomic E-state index is 0.397. The zero-order chi connectivity index (χ0) is 16.1. The van der Waals surface area contributed by atoms with Gasteiger partial charge in [-0.25, -0.2) is 9.67 Å². The summed E-state index contributed by atoms with van der Waals surface area (Å²) >= 11 is 0. The standard InChI is InChI=1S/C18H26N4O/c1-15(12-21-10-4-3-5-11-21)18-19-14-20-22(18)13-16-6-8-17(23-2)9-7-16/h6-9,14-15H,3-5,10-13H2,1-2H3. The van der Waals surface area contributed by atoms with Gasteiger partial charge >= 0.3 is 0 Å². The molecular formula is C18H26N4O. The fourth-order valence-electron chi connectivity index (χ4n) is 3.29. The highest BCUT2D eigenvalue weighted by Gasteiger charge is 2.18. The third-order valence-corrected chi connectivity index (χ3v) is 4.56. The number of ether oxygens (including phenoxy) is 1. The van der Waals surface area contributed by atoms with E-state index in [1.807, 2.05) is 16.8 Å². The number of nitrogens with zero attached hydrogens (tertiary/aromatic N) is 4. The Bertz CT molecular complexity index is 602. The van der Waals surface area contributed by atoms with E-state index < -0.39 is 0 Å². The number of hydrogen-bond acceptors (Lipinski definition) is 4. The Kier molecular flexibility index (Phi) is 5.28. The van der Waals surface area contributed by atoms with Gasteiger partial charge in [0, 0.05) is 12.5 Å². The molecule has 0 bridgehead atoms. The molecule has 2 aromatic rings. The maximum atomic E-state index is 5.21. The second-order valence-electron chi connectivity index (χ2n) is 6.39. The van der Waals surface area contributed by atoms with Crippen molar-refractivity contribution in [3.8, 4) is 5.75 Å². The molecule has 1 aromatic carbocycles. The summed E-state index contributed by atoms with van der Waals surface area (Å²) in [4.78, 5) is 7.07. The molecule has 5 nitrogen and oxygen atoms in total. The molecule has 124 valence electrons. The molecule has 0 N–H and O–H groups in total. The normalized spacial score (nSPS) is 17.1. The lowest BCUT2D eigenvalue weighted by molar-refractivity contribution is 0.215. The van der Waals surface area contributed by atoms with Crippen LogP contribution in [0.3, 0.4) is 0 Å². The van der Waals surface area contributed by atoms with Crippen molar-refractivity contribution in [2.75, 3.05) is 26.7 Å². The molecule has 5 heteroatoms. The van der Waals surface area contributed by atoms with E-state index in [4.69, 9.17) is 4.74 Å². The number of piperidine rings is 1. The Balaban J connectivity index is 1.65. The van der Waals surface area contributed by atoms with Gasteiger partial charge in [0.2, 0.25) is 0 Å². The first-order valence-corrected chi connectivity index (χ1v) is 8.49. The Hall–Kier alpha value is -1.88. The van der Waals surface area contributed by atoms with Crippen LogP contribution < -0.4 is 4.74 Å². The molecule has 23 heavy (non-hydrogen) atoms. The topological polar surface area (TPSA) is 43.2 Å². The molecule has 0 aliphatic carbocycles. The predicted octanol–water partition coefficient (Wildman–Crippen LogP) is 2.92. The van der Waals surface area contributed by atoms with Crippen LogP contribution in [-0.4, -0.2) is 46.4 Å². The summed E-state index contributed by atoms with van der Waals surface area (Å²) in [6, 6.07) is 8.14. The molecule has 1 aliphatic heterocycles. The van der Waals surface area contributed by atoms with E-state index in [-0.39, 0.29) is 0 Å². The van der Waals surface area contributed by atoms with Crippen molar-refractivity contribution >= 4 is 0 Å². The maximum absolute atomic E-state index is 5.21. The first-order chi connectivity index (χ1) is 11.3. The molecule has 2 heterocycles. The summed E-state index contributed by atoms with van der Waals surface area (Å²) in [5.74, 6) is 2.35. The smallest absolute Gasteiger partial charge is 0.138 e. The fraction of sp³-hybridized carbons (Fsp3) is 0.556. The van der Waals surface area contributed by atoms with Gasteiger partial charge < -0.3 is 9.64 Å². The van der Waals surface area contributed by atoms with Crippen LogP contribution in [-0.2, 0) is 6.54 Å². The van der Waals surface area contributed by atoms with Gasteiger partial charge in [-0.2, -0.15) is 5.10 Å². The quantitative estimate of drug-likeness (QED) is 0.822. The van der Waals surface area contributed by atoms with Crippen molar-refractivity contribution in [2.24, 2.45) is 0 Å². The Morgan fingerprint density at radius 3 is 2.57 bits per heavy atom. The summed E-state index contributed by atoms with van der Waals surface area (Å²) in [6.07, 6.45) is 5.70. The van der Waals surface area contributed by atoms with Crippen LogP contribution in [0, 0.1) is 0 Å². The van der Waals surface area contributed by atoms with Crippen LogP contribution in [0.2, 0.25) is 0 Å². The number of benzene rings is 1. The second-order valence-corrected chi connectivity index (χ2v) is 6.39. The first-order valence-electron chi connectivity index (χ1n) is 8.49. The van der Waals surface area contributed by atoms with E-state index >= 15 is 0 Å². The lowest BCUT2D eigenvalue weighted by Gasteiger charge is -2.28. The van der Waals surface area contributed by atoms with E-state index in [0.717, 1.165) is 24.7 Å². The van der Waals surface area contributed by atoms with Crippen molar-refractivity contribution in [1.29, 1.82) is 0 Å². The minimum atomic E-state index is 0.397. The second kappa shape index (κ2) is 7.59. The number of methoxy groups -OCH3 is 1. The van der Waals surface area contributed by atoms with Crippen molar-refractivity contribution < 1.29 is 4.74 Å². The van der Waals surface area contributed by atoms with Gasteiger partial charge in [0.25, 0.3) is 0 Å². The van der Waals surface area contributed by atoms with E-state index in [9.17, 15) is 0 Å². The minimum Gasteiger partial charge on any atom is -0.497 e. The highest BCUT2D eigenvalue weighted by atomic mass is 16.5. The summed E-state index contributed by atoms with van der Waals surface area (Å²) in [5, 5.41) is 4.42. The lowest BCUT2D eigenvalue weighted by Crippen LogP contribution is -2.33. The maximum Gasteiger partial charge on any atom is 0.138 e. The van der Waals surface area contributed by atoms with Crippen LogP contribution in [0.25, 0.3) is 0 Å². The molecule has 1 fully saturated rings. The van der Waals surface area contributed by atoms with Crippen molar-refractivity contribution in [2.45, 2.75) is 38.6 Å². The molecule has 1 aliphatic rings. The molecule has 0 saturated carbocycles. The summed E-state index contributed by atoms with van der Waals surface area (Å²) in [5.41, 5.74) is 1.21. The number of likely N-dealkylation sites (tertiary alicyclic amines) is 1. The van der Waals surface area contributed by atoms with E-state index in [2.05, 4.69) is 34.0 Å². The summed E-state index contributed by atoms with van der Waals surface area (Å²) in [6.45, 7) is 6.52. The Morgan fingerprint density at radius 1 is 1.13 bits per heavy atom. The first kappa shape index (κ1) is 16.0. The largest absolute Gasteiger partial charge is 0.497 e. The average molecular weight is 314 g/mol. The summed E-state index contributed by atoms with van der Waals surface area (Å²) in [7, 11) is 1.69. The molecule has 3 rings (SSSR count). The van der Waals surface area contributed by atoms with Gasteiger partial charge in [-0.15, -0.1) is 0 Å². The molecule has 0 radical (unpaired) electrons. The molecule has 1 aromatic heterocycles. The van der Waals surface area contributed by atoms with E-state index in [0.29, 0.717) is 5.92 Å². The van der Waals surface area contributed by atoms with Crippen LogP contribution >= 0.6 is 0 Å². The van der Waals surface area contributed by atoms with Crippen LogP contribution in [0.5, 0.6) is 5.75 Å². The average Bonchev–Trinajstić information content (AvgIpc) is 3.05. The van der Waals surface area contributed by atoms with Gasteiger partial charge in [0.05, 0.1) is 13.7 Å². The van der Waals surface area contributed by atoms with Gasteiger partial charge in [-0.1, -0.05) is 25.5 Å². The Labute approximate surface area is 138 Å². The van der Waals surface area contributed by atoms with Gasteiger partial charge in [0.1, 0.15) is 17.9 Å². The van der Waals surface area contributed by atoms with E-state index in [1.54, 1.807) is 13.4 Å². The van der Waals surface area contributed by atoms with Crippen molar-refractivity contribution in [1.82, 2.24) is 19.7 Å². The lowest BCUT2D eigenvalue weighted by atomic mass is 10.1.